The fourth-order valence-electron chi connectivity index (χ4n) is 4.34. The zero-order chi connectivity index (χ0) is 20.0. The van der Waals surface area contributed by atoms with E-state index >= 15 is 0 Å². The van der Waals surface area contributed by atoms with Gasteiger partial charge in [-0.3, -0.25) is 9.69 Å². The summed E-state index contributed by atoms with van der Waals surface area (Å²) in [5.74, 6) is 0.376. The number of likely N-dealkylation sites (tertiary alicyclic amines) is 1. The predicted octanol–water partition coefficient (Wildman–Crippen LogP) is 1.87. The minimum Gasteiger partial charge on any atom is -0.355 e. The van der Waals surface area contributed by atoms with Gasteiger partial charge in [0.25, 0.3) is 0 Å². The average molecular weight is 408 g/mol. The van der Waals surface area contributed by atoms with Crippen molar-refractivity contribution in [1.29, 1.82) is 0 Å². The third-order valence-corrected chi connectivity index (χ3v) is 7.96. The zero-order valence-electron chi connectivity index (χ0n) is 16.8. The lowest BCUT2D eigenvalue weighted by Crippen LogP contribution is -2.51. The molecule has 0 saturated carbocycles. The molecule has 2 aliphatic rings. The van der Waals surface area contributed by atoms with Crippen LogP contribution in [0.4, 0.5) is 0 Å². The van der Waals surface area contributed by atoms with Crippen molar-refractivity contribution < 1.29 is 13.2 Å². The van der Waals surface area contributed by atoms with Crippen LogP contribution in [0.2, 0.25) is 0 Å². The maximum atomic E-state index is 12.6. The Hall–Kier alpha value is -1.44. The lowest BCUT2D eigenvalue weighted by molar-refractivity contribution is -0.127. The lowest BCUT2D eigenvalue weighted by atomic mass is 9.93. The maximum Gasteiger partial charge on any atom is 0.224 e. The van der Waals surface area contributed by atoms with Crippen LogP contribution in [0.1, 0.15) is 38.2 Å². The van der Waals surface area contributed by atoms with Gasteiger partial charge in [0.15, 0.2) is 0 Å². The molecule has 0 unspecified atom stereocenters. The average Bonchev–Trinajstić information content (AvgIpc) is 2.74. The molecule has 2 fully saturated rings. The molecule has 1 N–H and O–H groups in total. The van der Waals surface area contributed by atoms with E-state index in [1.54, 1.807) is 11.2 Å². The number of rotatable bonds is 7. The monoisotopic (exact) mass is 407 g/mol. The van der Waals surface area contributed by atoms with Gasteiger partial charge in [-0.1, -0.05) is 30.3 Å². The van der Waals surface area contributed by atoms with E-state index in [2.05, 4.69) is 22.3 Å². The van der Waals surface area contributed by atoms with Crippen molar-refractivity contribution in [3.8, 4) is 0 Å². The summed E-state index contributed by atoms with van der Waals surface area (Å²) in [4.78, 5) is 15.0. The summed E-state index contributed by atoms with van der Waals surface area (Å²) in [6, 6.07) is 10.6. The fourth-order valence-corrected chi connectivity index (χ4v) is 5.47. The minimum atomic E-state index is -3.08. The number of nitrogens with zero attached hydrogens (tertiary/aromatic N) is 2. The van der Waals surface area contributed by atoms with Crippen molar-refractivity contribution in [2.75, 3.05) is 38.5 Å². The van der Waals surface area contributed by atoms with Gasteiger partial charge in [0.05, 0.1) is 11.7 Å². The Labute approximate surface area is 169 Å². The van der Waals surface area contributed by atoms with Crippen molar-refractivity contribution in [2.24, 2.45) is 5.92 Å². The molecule has 6 nitrogen and oxygen atoms in total. The first-order chi connectivity index (χ1) is 13.5. The predicted molar refractivity (Wildman–Crippen MR) is 112 cm³/mol. The smallest absolute Gasteiger partial charge is 0.224 e. The van der Waals surface area contributed by atoms with Crippen LogP contribution < -0.4 is 5.32 Å². The first-order valence-electron chi connectivity index (χ1n) is 10.5. The van der Waals surface area contributed by atoms with Crippen molar-refractivity contribution in [1.82, 2.24) is 14.5 Å². The van der Waals surface area contributed by atoms with Gasteiger partial charge in [0, 0.05) is 32.2 Å². The van der Waals surface area contributed by atoms with E-state index in [4.69, 9.17) is 0 Å². The van der Waals surface area contributed by atoms with Gasteiger partial charge in [-0.05, 0) is 51.1 Å². The lowest BCUT2D eigenvalue weighted by Gasteiger charge is -2.41. The highest BCUT2D eigenvalue weighted by Gasteiger charge is 2.33. The van der Waals surface area contributed by atoms with Crippen molar-refractivity contribution in [2.45, 2.75) is 45.1 Å². The number of hydrogen-bond acceptors (Lipinski definition) is 4. The van der Waals surface area contributed by atoms with E-state index in [1.807, 2.05) is 18.2 Å². The van der Waals surface area contributed by atoms with Crippen molar-refractivity contribution >= 4 is 15.9 Å². The van der Waals surface area contributed by atoms with Crippen LogP contribution in [0.15, 0.2) is 30.3 Å². The van der Waals surface area contributed by atoms with Gasteiger partial charge in [-0.25, -0.2) is 12.7 Å². The van der Waals surface area contributed by atoms with Crippen LogP contribution in [0.5, 0.6) is 0 Å². The van der Waals surface area contributed by atoms with Crippen molar-refractivity contribution in [3.63, 3.8) is 0 Å². The second-order valence-electron chi connectivity index (χ2n) is 7.89. The van der Waals surface area contributed by atoms with E-state index in [9.17, 15) is 13.2 Å². The first-order valence-corrected chi connectivity index (χ1v) is 12.1. The summed E-state index contributed by atoms with van der Waals surface area (Å²) >= 11 is 0. The number of piperidine rings is 2. The third kappa shape index (κ3) is 5.55. The van der Waals surface area contributed by atoms with Crippen molar-refractivity contribution in [3.05, 3.63) is 35.9 Å². The highest BCUT2D eigenvalue weighted by molar-refractivity contribution is 7.89. The molecule has 1 aromatic carbocycles. The van der Waals surface area contributed by atoms with E-state index in [0.29, 0.717) is 25.7 Å². The molecule has 1 aromatic rings. The Kier molecular flexibility index (Phi) is 7.48. The summed E-state index contributed by atoms with van der Waals surface area (Å²) in [7, 11) is -3.08. The molecule has 0 radical (unpaired) electrons. The molecule has 2 saturated heterocycles. The highest BCUT2D eigenvalue weighted by atomic mass is 32.2. The maximum absolute atomic E-state index is 12.6. The molecule has 0 bridgehead atoms. The van der Waals surface area contributed by atoms with E-state index < -0.39 is 10.0 Å². The number of benzene rings is 1. The Bertz CT molecular complexity index is 731. The SMILES string of the molecule is CCS(=O)(=O)N1CCC(N2CCC[C@H](C(=O)NCCc3ccccc3)C2)CC1. The zero-order valence-corrected chi connectivity index (χ0v) is 17.7. The van der Waals surface area contributed by atoms with Gasteiger partial charge in [0.1, 0.15) is 0 Å². The molecule has 2 aliphatic heterocycles. The topological polar surface area (TPSA) is 69.7 Å². The summed E-state index contributed by atoms with van der Waals surface area (Å²) in [6.07, 6.45) is 4.55. The number of carbonyl (C=O) groups excluding carboxylic acids is 1. The van der Waals surface area contributed by atoms with Crippen LogP contribution in [0.3, 0.4) is 0 Å². The largest absolute Gasteiger partial charge is 0.355 e. The van der Waals surface area contributed by atoms with Gasteiger partial charge >= 0.3 is 0 Å². The molecular formula is C21H33N3O3S. The molecule has 0 spiro atoms. The number of sulfonamides is 1. The molecule has 2 heterocycles. The van der Waals surface area contributed by atoms with Gasteiger partial charge in [-0.2, -0.15) is 0 Å². The molecule has 3 rings (SSSR count). The van der Waals surface area contributed by atoms with Gasteiger partial charge in [-0.15, -0.1) is 0 Å². The molecule has 28 heavy (non-hydrogen) atoms. The van der Waals surface area contributed by atoms with E-state index in [0.717, 1.165) is 45.2 Å². The Morgan fingerprint density at radius 3 is 2.50 bits per heavy atom. The van der Waals surface area contributed by atoms with E-state index in [1.165, 1.54) is 5.56 Å². The Morgan fingerprint density at radius 2 is 1.82 bits per heavy atom. The first kappa shape index (κ1) is 21.3. The summed E-state index contributed by atoms with van der Waals surface area (Å²) in [6.45, 7) is 5.39. The quantitative estimate of drug-likeness (QED) is 0.749. The van der Waals surface area contributed by atoms with Gasteiger partial charge in [0.2, 0.25) is 15.9 Å². The molecule has 7 heteroatoms. The summed E-state index contributed by atoms with van der Waals surface area (Å²) < 4.78 is 25.7. The normalized spacial score (nSPS) is 22.8. The molecule has 0 aliphatic carbocycles. The Balaban J connectivity index is 1.44. The molecule has 1 amide bonds. The molecular weight excluding hydrogens is 374 g/mol. The van der Waals surface area contributed by atoms with Crippen LogP contribution in [-0.4, -0.2) is 68.0 Å². The standard InChI is InChI=1S/C21H33N3O3S/c1-2-28(26,27)24-15-11-20(12-16-24)23-14-6-9-19(17-23)21(25)22-13-10-18-7-4-3-5-8-18/h3-5,7-8,19-20H,2,6,9-17H2,1H3,(H,22,25)/t19-/m0/s1. The number of nitrogens with one attached hydrogen (secondary N) is 1. The third-order valence-electron chi connectivity index (χ3n) is 6.08. The van der Waals surface area contributed by atoms with Crippen LogP contribution in [-0.2, 0) is 21.2 Å². The minimum absolute atomic E-state index is 0.0435. The number of hydrogen-bond donors (Lipinski definition) is 1. The number of amides is 1. The van der Waals surface area contributed by atoms with Crippen LogP contribution >= 0.6 is 0 Å². The molecule has 156 valence electrons. The van der Waals surface area contributed by atoms with Gasteiger partial charge < -0.3 is 5.32 Å². The van der Waals surface area contributed by atoms with Crippen LogP contribution in [0, 0.1) is 5.92 Å². The second-order valence-corrected chi connectivity index (χ2v) is 10.1. The molecule has 1 atom stereocenters. The summed E-state index contributed by atoms with van der Waals surface area (Å²) in [5, 5.41) is 3.11. The molecule has 0 aromatic heterocycles. The fraction of sp³-hybridized carbons (Fsp3) is 0.667. The van der Waals surface area contributed by atoms with E-state index in [-0.39, 0.29) is 17.6 Å². The Morgan fingerprint density at radius 1 is 1.11 bits per heavy atom. The summed E-state index contributed by atoms with van der Waals surface area (Å²) in [5.41, 5.74) is 1.24. The highest BCUT2D eigenvalue weighted by Crippen LogP contribution is 2.25. The second kappa shape index (κ2) is 9.85. The number of carbonyl (C=O) groups is 1. The van der Waals surface area contributed by atoms with Crippen LogP contribution in [0.25, 0.3) is 0 Å².